The SMILES string of the molecule is CCCOc1cccc(-c2cc(C(F)(F)F)nn2-c2ccc3c4c(cccc24)C(=O)N(CCN(C)C)C3=O)c1. The predicted molar refractivity (Wildman–Crippen MR) is 141 cm³/mol. The minimum absolute atomic E-state index is 0.200. The number of ether oxygens (including phenoxy) is 1. The quantitative estimate of drug-likeness (QED) is 0.272. The van der Waals surface area contributed by atoms with Crippen LogP contribution >= 0.6 is 0 Å². The third-order valence-corrected chi connectivity index (χ3v) is 6.57. The number of amides is 2. The molecule has 0 N–H and O–H groups in total. The Morgan fingerprint density at radius 3 is 2.36 bits per heavy atom. The van der Waals surface area contributed by atoms with Gasteiger partial charge in [0, 0.05) is 40.6 Å². The van der Waals surface area contributed by atoms with Crippen LogP contribution in [0.1, 0.15) is 39.8 Å². The first-order chi connectivity index (χ1) is 18.6. The number of imide groups is 1. The summed E-state index contributed by atoms with van der Waals surface area (Å²) in [6.07, 6.45) is -3.90. The Morgan fingerprint density at radius 1 is 0.949 bits per heavy atom. The lowest BCUT2D eigenvalue weighted by atomic mass is 9.93. The van der Waals surface area contributed by atoms with Gasteiger partial charge in [-0.3, -0.25) is 14.5 Å². The highest BCUT2D eigenvalue weighted by molar-refractivity contribution is 6.26. The molecule has 7 nitrogen and oxygen atoms in total. The van der Waals surface area contributed by atoms with Crippen LogP contribution in [0.5, 0.6) is 5.75 Å². The van der Waals surface area contributed by atoms with E-state index in [2.05, 4.69) is 5.10 Å². The number of rotatable bonds is 8. The highest BCUT2D eigenvalue weighted by Gasteiger charge is 2.37. The number of carbonyl (C=O) groups is 2. The van der Waals surface area contributed by atoms with Crippen molar-refractivity contribution < 1.29 is 27.5 Å². The molecule has 202 valence electrons. The molecular formula is C29H27F3N4O3. The highest BCUT2D eigenvalue weighted by Crippen LogP contribution is 2.38. The smallest absolute Gasteiger partial charge is 0.435 e. The molecule has 1 aliphatic heterocycles. The molecule has 0 saturated heterocycles. The van der Waals surface area contributed by atoms with Crippen LogP contribution in [0.4, 0.5) is 13.2 Å². The summed E-state index contributed by atoms with van der Waals surface area (Å²) >= 11 is 0. The van der Waals surface area contributed by atoms with E-state index in [4.69, 9.17) is 4.74 Å². The van der Waals surface area contributed by atoms with Crippen molar-refractivity contribution in [3.05, 3.63) is 77.5 Å². The van der Waals surface area contributed by atoms with Crippen molar-refractivity contribution in [2.24, 2.45) is 0 Å². The molecule has 0 radical (unpaired) electrons. The van der Waals surface area contributed by atoms with Gasteiger partial charge in [-0.1, -0.05) is 31.2 Å². The third-order valence-electron chi connectivity index (χ3n) is 6.57. The van der Waals surface area contributed by atoms with Gasteiger partial charge in [-0.05, 0) is 56.9 Å². The average Bonchev–Trinajstić information content (AvgIpc) is 3.36. The van der Waals surface area contributed by atoms with Gasteiger partial charge in [0.05, 0.1) is 18.0 Å². The summed E-state index contributed by atoms with van der Waals surface area (Å²) in [5.74, 6) is -0.342. The number of halogens is 3. The van der Waals surface area contributed by atoms with Crippen LogP contribution in [0.25, 0.3) is 27.7 Å². The fourth-order valence-electron chi connectivity index (χ4n) is 4.69. The van der Waals surface area contributed by atoms with E-state index in [1.807, 2.05) is 25.9 Å². The molecule has 1 aromatic heterocycles. The number of carbonyl (C=O) groups excluding carboxylic acids is 2. The molecule has 2 amide bonds. The van der Waals surface area contributed by atoms with Gasteiger partial charge in [0.2, 0.25) is 0 Å². The Hall–Kier alpha value is -4.18. The van der Waals surface area contributed by atoms with Crippen LogP contribution in [0.2, 0.25) is 0 Å². The van der Waals surface area contributed by atoms with E-state index in [1.54, 1.807) is 54.6 Å². The molecule has 0 fully saturated rings. The Labute approximate surface area is 223 Å². The van der Waals surface area contributed by atoms with Gasteiger partial charge in [0.15, 0.2) is 5.69 Å². The molecule has 4 aromatic rings. The van der Waals surface area contributed by atoms with Crippen molar-refractivity contribution >= 4 is 22.6 Å². The Kier molecular flexibility index (Phi) is 6.90. The van der Waals surface area contributed by atoms with Crippen molar-refractivity contribution in [3.63, 3.8) is 0 Å². The van der Waals surface area contributed by atoms with Gasteiger partial charge in [0.1, 0.15) is 5.75 Å². The summed E-state index contributed by atoms with van der Waals surface area (Å²) in [4.78, 5) is 29.7. The molecule has 0 aliphatic carbocycles. The molecule has 5 rings (SSSR count). The Balaban J connectivity index is 1.69. The summed E-state index contributed by atoms with van der Waals surface area (Å²) in [6.45, 7) is 3.15. The lowest BCUT2D eigenvalue weighted by Crippen LogP contribution is -2.43. The topological polar surface area (TPSA) is 67.7 Å². The molecular weight excluding hydrogens is 509 g/mol. The molecule has 10 heteroatoms. The lowest BCUT2D eigenvalue weighted by molar-refractivity contribution is -0.141. The third kappa shape index (κ3) is 4.87. The first kappa shape index (κ1) is 26.4. The van der Waals surface area contributed by atoms with E-state index in [-0.39, 0.29) is 12.2 Å². The molecule has 2 heterocycles. The minimum atomic E-state index is -4.68. The highest BCUT2D eigenvalue weighted by atomic mass is 19.4. The van der Waals surface area contributed by atoms with Gasteiger partial charge in [0.25, 0.3) is 11.8 Å². The normalized spacial score (nSPS) is 13.6. The second-order valence-electron chi connectivity index (χ2n) is 9.63. The molecule has 0 unspecified atom stereocenters. The summed E-state index contributed by atoms with van der Waals surface area (Å²) in [6, 6.07) is 15.9. The largest absolute Gasteiger partial charge is 0.494 e. The number of benzene rings is 3. The second-order valence-corrected chi connectivity index (χ2v) is 9.63. The zero-order valence-electron chi connectivity index (χ0n) is 21.7. The maximum atomic E-state index is 13.8. The van der Waals surface area contributed by atoms with Crippen molar-refractivity contribution in [2.45, 2.75) is 19.5 Å². The van der Waals surface area contributed by atoms with Gasteiger partial charge in [-0.25, -0.2) is 4.68 Å². The molecule has 39 heavy (non-hydrogen) atoms. The minimum Gasteiger partial charge on any atom is -0.494 e. The van der Waals surface area contributed by atoms with Crippen molar-refractivity contribution in [1.29, 1.82) is 0 Å². The second kappa shape index (κ2) is 10.2. The van der Waals surface area contributed by atoms with Crippen LogP contribution in [-0.4, -0.2) is 65.2 Å². The van der Waals surface area contributed by atoms with Gasteiger partial charge < -0.3 is 9.64 Å². The van der Waals surface area contributed by atoms with Crippen molar-refractivity contribution in [2.75, 3.05) is 33.8 Å². The lowest BCUT2D eigenvalue weighted by Gasteiger charge is -2.28. The zero-order valence-corrected chi connectivity index (χ0v) is 21.7. The zero-order chi connectivity index (χ0) is 27.9. The Bertz CT molecular complexity index is 1550. The Morgan fingerprint density at radius 2 is 1.67 bits per heavy atom. The molecule has 0 saturated carbocycles. The number of alkyl halides is 3. The van der Waals surface area contributed by atoms with E-state index in [9.17, 15) is 22.8 Å². The van der Waals surface area contributed by atoms with Gasteiger partial charge >= 0.3 is 6.18 Å². The first-order valence-corrected chi connectivity index (χ1v) is 12.6. The summed E-state index contributed by atoms with van der Waals surface area (Å²) in [7, 11) is 3.70. The number of hydrogen-bond donors (Lipinski definition) is 0. The van der Waals surface area contributed by atoms with E-state index in [0.29, 0.717) is 52.1 Å². The van der Waals surface area contributed by atoms with E-state index >= 15 is 0 Å². The first-order valence-electron chi connectivity index (χ1n) is 12.6. The summed E-state index contributed by atoms with van der Waals surface area (Å²) in [5, 5.41) is 4.80. The maximum Gasteiger partial charge on any atom is 0.435 e. The molecule has 0 spiro atoms. The predicted octanol–water partition coefficient (Wildman–Crippen LogP) is 5.66. The van der Waals surface area contributed by atoms with Crippen LogP contribution in [0, 0.1) is 0 Å². The van der Waals surface area contributed by atoms with Gasteiger partial charge in [-0.2, -0.15) is 18.3 Å². The van der Waals surface area contributed by atoms with Crippen molar-refractivity contribution in [1.82, 2.24) is 19.6 Å². The van der Waals surface area contributed by atoms with E-state index in [1.165, 1.54) is 9.58 Å². The number of likely N-dealkylation sites (N-methyl/N-ethyl adjacent to an activating group) is 1. The van der Waals surface area contributed by atoms with Crippen LogP contribution in [0.3, 0.4) is 0 Å². The fraction of sp³-hybridized carbons (Fsp3) is 0.276. The van der Waals surface area contributed by atoms with Crippen molar-refractivity contribution in [3.8, 4) is 22.7 Å². The summed E-state index contributed by atoms with van der Waals surface area (Å²) < 4.78 is 48.4. The van der Waals surface area contributed by atoms with Crippen LogP contribution in [-0.2, 0) is 6.18 Å². The molecule has 3 aromatic carbocycles. The number of hydrogen-bond acceptors (Lipinski definition) is 5. The van der Waals surface area contributed by atoms with Gasteiger partial charge in [-0.15, -0.1) is 0 Å². The van der Waals surface area contributed by atoms with E-state index < -0.39 is 23.7 Å². The van der Waals surface area contributed by atoms with Crippen LogP contribution < -0.4 is 4.74 Å². The molecule has 0 atom stereocenters. The molecule has 0 bridgehead atoms. The number of nitrogens with zero attached hydrogens (tertiary/aromatic N) is 4. The monoisotopic (exact) mass is 536 g/mol. The summed E-state index contributed by atoms with van der Waals surface area (Å²) in [5.41, 5.74) is 0.591. The average molecular weight is 537 g/mol. The van der Waals surface area contributed by atoms with E-state index in [0.717, 1.165) is 12.5 Å². The molecule has 1 aliphatic rings. The fourth-order valence-corrected chi connectivity index (χ4v) is 4.69. The number of aromatic nitrogens is 2. The van der Waals surface area contributed by atoms with Crippen LogP contribution in [0.15, 0.2) is 60.7 Å². The maximum absolute atomic E-state index is 13.8. The standard InChI is InChI=1S/C29H27F3N4O3/c1-4-15-39-19-8-5-7-18(16-19)24-17-25(29(30,31)32)33-36(24)23-12-11-22-26-20(23)9-6-10-21(26)27(37)35(28(22)38)14-13-34(2)3/h5-12,16-17H,4,13-15H2,1-3H3.